The van der Waals surface area contributed by atoms with Gasteiger partial charge in [0, 0.05) is 18.0 Å². The smallest absolute Gasteiger partial charge is 0.190 e. The number of nitrogens with two attached hydrogens (primary N) is 1. The highest BCUT2D eigenvalue weighted by Crippen LogP contribution is 2.38. The van der Waals surface area contributed by atoms with E-state index in [0.29, 0.717) is 22.2 Å². The van der Waals surface area contributed by atoms with Gasteiger partial charge in [-0.15, -0.1) is 0 Å². The van der Waals surface area contributed by atoms with Crippen LogP contribution in [0.3, 0.4) is 0 Å². The van der Waals surface area contributed by atoms with Crippen molar-refractivity contribution in [3.63, 3.8) is 0 Å². The van der Waals surface area contributed by atoms with E-state index in [1.54, 1.807) is 12.4 Å². The minimum absolute atomic E-state index is 0.213. The molecule has 2 aromatic heterocycles. The van der Waals surface area contributed by atoms with Gasteiger partial charge in [0.15, 0.2) is 11.5 Å². The van der Waals surface area contributed by atoms with Gasteiger partial charge in [-0.25, -0.2) is 9.97 Å². The van der Waals surface area contributed by atoms with Crippen molar-refractivity contribution in [2.75, 3.05) is 24.5 Å². The van der Waals surface area contributed by atoms with E-state index >= 15 is 0 Å². The molecule has 0 unspecified atom stereocenters. The van der Waals surface area contributed by atoms with Crippen LogP contribution >= 0.6 is 35.0 Å². The molecule has 0 amide bonds. The van der Waals surface area contributed by atoms with Crippen molar-refractivity contribution < 1.29 is 0 Å². The highest BCUT2D eigenvalue weighted by molar-refractivity contribution is 7.99. The molecule has 0 bridgehead atoms. The lowest BCUT2D eigenvalue weighted by molar-refractivity contribution is 0.257. The molecule has 1 saturated heterocycles. The number of hydrogen-bond acceptors (Lipinski definition) is 6. The van der Waals surface area contributed by atoms with Crippen LogP contribution in [0, 0.1) is 5.41 Å². The summed E-state index contributed by atoms with van der Waals surface area (Å²) < 4.78 is 1.85. The summed E-state index contributed by atoms with van der Waals surface area (Å²) in [5.41, 5.74) is 6.85. The summed E-state index contributed by atoms with van der Waals surface area (Å²) in [7, 11) is 0. The number of rotatable bonds is 4. The predicted octanol–water partition coefficient (Wildman–Crippen LogP) is 4.15. The quantitative estimate of drug-likeness (QED) is 0.680. The lowest BCUT2D eigenvalue weighted by Gasteiger charge is -2.39. The van der Waals surface area contributed by atoms with Gasteiger partial charge in [0.2, 0.25) is 0 Å². The van der Waals surface area contributed by atoms with Crippen molar-refractivity contribution in [3.8, 4) is 0 Å². The average Bonchev–Trinajstić information content (AvgIpc) is 3.17. The molecule has 0 aliphatic carbocycles. The van der Waals surface area contributed by atoms with Crippen LogP contribution in [0.4, 0.5) is 5.82 Å². The maximum absolute atomic E-state index is 6.32. The summed E-state index contributed by atoms with van der Waals surface area (Å²) in [6.07, 6.45) is 5.51. The Balaban J connectivity index is 1.64. The van der Waals surface area contributed by atoms with Crippen LogP contribution in [0.1, 0.15) is 19.8 Å². The van der Waals surface area contributed by atoms with Gasteiger partial charge in [0.05, 0.1) is 16.2 Å². The molecule has 0 spiro atoms. The van der Waals surface area contributed by atoms with Crippen LogP contribution in [-0.4, -0.2) is 39.2 Å². The Kier molecular flexibility index (Phi) is 5.20. The summed E-state index contributed by atoms with van der Waals surface area (Å²) in [5.74, 6) is 0.947. The van der Waals surface area contributed by atoms with Gasteiger partial charge in [-0.05, 0) is 36.9 Å². The number of anilines is 1. The minimum atomic E-state index is 0.213. The lowest BCUT2D eigenvalue weighted by atomic mass is 9.80. The van der Waals surface area contributed by atoms with Crippen molar-refractivity contribution in [2.24, 2.45) is 11.1 Å². The Morgan fingerprint density at radius 1 is 1.22 bits per heavy atom. The predicted molar refractivity (Wildman–Crippen MR) is 110 cm³/mol. The molecule has 2 N–H and O–H groups in total. The standard InChI is InChI=1S/C18H20Cl2N6S/c1-18(10-21)5-7-25(8-6-18)14-9-22-17(16-23-11-24-26(14)16)27-13-4-2-3-12(19)15(13)20/h2-4,9,11H,5-8,10,21H2,1H3. The summed E-state index contributed by atoms with van der Waals surface area (Å²) >= 11 is 13.9. The molecule has 27 heavy (non-hydrogen) atoms. The van der Waals surface area contributed by atoms with E-state index in [1.807, 2.05) is 22.8 Å². The molecule has 3 heterocycles. The molecule has 6 nitrogen and oxygen atoms in total. The van der Waals surface area contributed by atoms with Crippen LogP contribution in [-0.2, 0) is 0 Å². The summed E-state index contributed by atoms with van der Waals surface area (Å²) in [5, 5.41) is 6.20. The summed E-state index contributed by atoms with van der Waals surface area (Å²) in [6, 6.07) is 5.55. The van der Waals surface area contributed by atoms with E-state index in [2.05, 4.69) is 26.9 Å². The number of halogens is 2. The van der Waals surface area contributed by atoms with Crippen LogP contribution < -0.4 is 10.6 Å². The molecular formula is C18H20Cl2N6S. The molecule has 0 saturated carbocycles. The van der Waals surface area contributed by atoms with Crippen molar-refractivity contribution in [1.29, 1.82) is 0 Å². The summed E-state index contributed by atoms with van der Waals surface area (Å²) in [4.78, 5) is 12.2. The topological polar surface area (TPSA) is 72.3 Å². The maximum Gasteiger partial charge on any atom is 0.190 e. The third-order valence-electron chi connectivity index (χ3n) is 5.16. The van der Waals surface area contributed by atoms with Gasteiger partial charge in [0.1, 0.15) is 11.4 Å². The first-order valence-corrected chi connectivity index (χ1v) is 10.3. The Bertz CT molecular complexity index is 968. The molecule has 4 rings (SSSR count). The van der Waals surface area contributed by atoms with Crippen LogP contribution in [0.25, 0.3) is 5.65 Å². The molecule has 142 valence electrons. The van der Waals surface area contributed by atoms with Crippen LogP contribution in [0.15, 0.2) is 40.6 Å². The molecule has 3 aromatic rings. The SMILES string of the molecule is CC1(CN)CCN(c2cnc(Sc3cccc(Cl)c3Cl)c3ncnn23)CC1. The molecular weight excluding hydrogens is 403 g/mol. The van der Waals surface area contributed by atoms with Gasteiger partial charge in [-0.3, -0.25) is 0 Å². The van der Waals surface area contributed by atoms with E-state index in [0.717, 1.165) is 41.7 Å². The zero-order chi connectivity index (χ0) is 19.0. The molecule has 9 heteroatoms. The van der Waals surface area contributed by atoms with Crippen LogP contribution in [0.5, 0.6) is 0 Å². The Morgan fingerprint density at radius 3 is 2.74 bits per heavy atom. The molecule has 0 atom stereocenters. The zero-order valence-electron chi connectivity index (χ0n) is 14.9. The van der Waals surface area contributed by atoms with Crippen molar-refractivity contribution in [1.82, 2.24) is 19.6 Å². The largest absolute Gasteiger partial charge is 0.355 e. The monoisotopic (exact) mass is 422 g/mol. The van der Waals surface area contributed by atoms with Gasteiger partial charge >= 0.3 is 0 Å². The Hall–Kier alpha value is -1.54. The van der Waals surface area contributed by atoms with Gasteiger partial charge in [-0.1, -0.05) is 48.0 Å². The van der Waals surface area contributed by atoms with E-state index in [9.17, 15) is 0 Å². The molecule has 1 fully saturated rings. The minimum Gasteiger partial charge on any atom is -0.355 e. The van der Waals surface area contributed by atoms with Gasteiger partial charge in [0.25, 0.3) is 0 Å². The third kappa shape index (κ3) is 3.61. The average molecular weight is 423 g/mol. The van der Waals surface area contributed by atoms with Gasteiger partial charge < -0.3 is 10.6 Å². The number of benzene rings is 1. The number of piperidine rings is 1. The number of nitrogens with zero attached hydrogens (tertiary/aromatic N) is 5. The van der Waals surface area contributed by atoms with E-state index in [1.165, 1.54) is 11.8 Å². The fraction of sp³-hybridized carbons (Fsp3) is 0.389. The fourth-order valence-electron chi connectivity index (χ4n) is 3.22. The Morgan fingerprint density at radius 2 is 2.00 bits per heavy atom. The van der Waals surface area contributed by atoms with Gasteiger partial charge in [-0.2, -0.15) is 9.61 Å². The highest BCUT2D eigenvalue weighted by Gasteiger charge is 2.30. The fourth-order valence-corrected chi connectivity index (χ4v) is 4.58. The first-order valence-electron chi connectivity index (χ1n) is 8.76. The van der Waals surface area contributed by atoms with E-state index in [4.69, 9.17) is 28.9 Å². The number of hydrogen-bond donors (Lipinski definition) is 1. The second kappa shape index (κ2) is 7.47. The molecule has 1 aliphatic heterocycles. The summed E-state index contributed by atoms with van der Waals surface area (Å²) in [6.45, 7) is 4.82. The second-order valence-electron chi connectivity index (χ2n) is 7.07. The molecule has 1 aromatic carbocycles. The van der Waals surface area contributed by atoms with Crippen LogP contribution in [0.2, 0.25) is 10.0 Å². The number of aromatic nitrogens is 4. The van der Waals surface area contributed by atoms with Crippen molar-refractivity contribution in [2.45, 2.75) is 29.7 Å². The maximum atomic E-state index is 6.32. The van der Waals surface area contributed by atoms with Crippen molar-refractivity contribution in [3.05, 3.63) is 40.8 Å². The second-order valence-corrected chi connectivity index (χ2v) is 8.89. The Labute approximate surface area is 172 Å². The zero-order valence-corrected chi connectivity index (χ0v) is 17.2. The number of fused-ring (bicyclic) bond motifs is 1. The molecule has 1 aliphatic rings. The first kappa shape index (κ1) is 18.8. The normalized spacial score (nSPS) is 16.8. The van der Waals surface area contributed by atoms with E-state index in [-0.39, 0.29) is 5.41 Å². The third-order valence-corrected chi connectivity index (χ3v) is 7.14. The first-order chi connectivity index (χ1) is 13.0. The highest BCUT2D eigenvalue weighted by atomic mass is 35.5. The molecule has 0 radical (unpaired) electrons. The van der Waals surface area contributed by atoms with E-state index < -0.39 is 0 Å². The lowest BCUT2D eigenvalue weighted by Crippen LogP contribution is -2.43. The van der Waals surface area contributed by atoms with Crippen molar-refractivity contribution >= 4 is 46.4 Å².